The summed E-state index contributed by atoms with van der Waals surface area (Å²) in [5.41, 5.74) is 5.47. The summed E-state index contributed by atoms with van der Waals surface area (Å²) in [6, 6.07) is 7.46. The lowest BCUT2D eigenvalue weighted by molar-refractivity contribution is -0.134. The lowest BCUT2D eigenvalue weighted by Gasteiger charge is -2.32. The van der Waals surface area contributed by atoms with Crippen LogP contribution < -0.4 is 15.2 Å². The maximum atomic E-state index is 12.3. The van der Waals surface area contributed by atoms with Crippen LogP contribution in [0.15, 0.2) is 24.3 Å². The Morgan fingerprint density at radius 3 is 2.38 bits per heavy atom. The van der Waals surface area contributed by atoms with Crippen molar-refractivity contribution in [2.75, 3.05) is 40.0 Å². The number of carbonyl (C=O) groups is 1. The summed E-state index contributed by atoms with van der Waals surface area (Å²) < 4.78 is 16.5. The van der Waals surface area contributed by atoms with Crippen molar-refractivity contribution < 1.29 is 19.0 Å². The highest BCUT2D eigenvalue weighted by atomic mass is 35.5. The van der Waals surface area contributed by atoms with Gasteiger partial charge in [-0.3, -0.25) is 4.79 Å². The number of hydrogen-bond acceptors (Lipinski definition) is 5. The van der Waals surface area contributed by atoms with Gasteiger partial charge in [0.25, 0.3) is 0 Å². The van der Waals surface area contributed by atoms with Crippen molar-refractivity contribution in [3.8, 4) is 11.5 Å². The van der Waals surface area contributed by atoms with Gasteiger partial charge in [0.1, 0.15) is 11.5 Å². The molecule has 1 heterocycles. The number of rotatable bonds is 10. The highest BCUT2D eigenvalue weighted by Gasteiger charge is 2.22. The quantitative estimate of drug-likeness (QED) is 0.626. The molecule has 148 valence electrons. The molecule has 2 N–H and O–H groups in total. The fourth-order valence-electron chi connectivity index (χ4n) is 2.85. The Kier molecular flexibility index (Phi) is 11.1. The number of piperidine rings is 1. The largest absolute Gasteiger partial charge is 0.497 e. The van der Waals surface area contributed by atoms with Gasteiger partial charge in [0, 0.05) is 26.1 Å². The molecule has 0 aliphatic carbocycles. The van der Waals surface area contributed by atoms with E-state index in [9.17, 15) is 4.79 Å². The zero-order valence-corrected chi connectivity index (χ0v) is 16.3. The number of nitrogens with two attached hydrogens (primary N) is 1. The summed E-state index contributed by atoms with van der Waals surface area (Å²) in [6.07, 6.45) is 4.24. The van der Waals surface area contributed by atoms with Crippen LogP contribution in [0.2, 0.25) is 0 Å². The molecule has 1 aromatic rings. The van der Waals surface area contributed by atoms with Gasteiger partial charge in [0.2, 0.25) is 5.91 Å². The first-order valence-corrected chi connectivity index (χ1v) is 9.09. The van der Waals surface area contributed by atoms with Crippen molar-refractivity contribution in [3.63, 3.8) is 0 Å². The number of methoxy groups -OCH3 is 1. The summed E-state index contributed by atoms with van der Waals surface area (Å²) >= 11 is 0. The van der Waals surface area contributed by atoms with E-state index >= 15 is 0 Å². The second-order valence-electron chi connectivity index (χ2n) is 6.22. The number of ether oxygens (including phenoxy) is 3. The SMILES string of the molecule is COc1ccc(OCCCC(=O)N2CCC(OCCCN)CC2)cc1.Cl. The third-order valence-corrected chi connectivity index (χ3v) is 4.36. The lowest BCUT2D eigenvalue weighted by atomic mass is 10.1. The number of amides is 1. The molecule has 1 saturated heterocycles. The maximum absolute atomic E-state index is 12.3. The summed E-state index contributed by atoms with van der Waals surface area (Å²) in [7, 11) is 1.64. The second-order valence-corrected chi connectivity index (χ2v) is 6.22. The molecule has 0 atom stereocenters. The summed E-state index contributed by atoms with van der Waals surface area (Å²) in [6.45, 7) is 3.49. The zero-order valence-electron chi connectivity index (χ0n) is 15.5. The van der Waals surface area contributed by atoms with Crippen LogP contribution in [0.5, 0.6) is 11.5 Å². The molecule has 1 fully saturated rings. The minimum atomic E-state index is 0. The third-order valence-electron chi connectivity index (χ3n) is 4.36. The van der Waals surface area contributed by atoms with E-state index in [0.29, 0.717) is 19.6 Å². The summed E-state index contributed by atoms with van der Waals surface area (Å²) in [4.78, 5) is 14.2. The van der Waals surface area contributed by atoms with Gasteiger partial charge in [0.05, 0.1) is 19.8 Å². The van der Waals surface area contributed by atoms with Crippen LogP contribution in [0.1, 0.15) is 32.1 Å². The van der Waals surface area contributed by atoms with Gasteiger partial charge in [-0.25, -0.2) is 0 Å². The van der Waals surface area contributed by atoms with Crippen molar-refractivity contribution in [1.82, 2.24) is 4.90 Å². The number of carbonyl (C=O) groups excluding carboxylic acids is 1. The maximum Gasteiger partial charge on any atom is 0.222 e. The molecule has 0 spiro atoms. The fraction of sp³-hybridized carbons (Fsp3) is 0.632. The molecule has 1 aliphatic rings. The second kappa shape index (κ2) is 12.8. The molecule has 2 rings (SSSR count). The van der Waals surface area contributed by atoms with Crippen molar-refractivity contribution >= 4 is 18.3 Å². The van der Waals surface area contributed by atoms with Gasteiger partial charge in [-0.1, -0.05) is 0 Å². The number of benzene rings is 1. The van der Waals surface area contributed by atoms with Crippen LogP contribution in [0.25, 0.3) is 0 Å². The molecular formula is C19H31ClN2O4. The normalized spacial score (nSPS) is 14.6. The summed E-state index contributed by atoms with van der Waals surface area (Å²) in [5.74, 6) is 1.81. The standard InChI is InChI=1S/C19H30N2O4.ClH/c1-23-16-5-7-17(8-6-16)24-14-2-4-19(22)21-12-9-18(10-13-21)25-15-3-11-20;/h5-8,18H,2-4,9-15,20H2,1H3;1H. The minimum Gasteiger partial charge on any atom is -0.497 e. The van der Waals surface area contributed by atoms with Crippen LogP contribution in [-0.4, -0.2) is 56.9 Å². The fourth-order valence-corrected chi connectivity index (χ4v) is 2.85. The molecule has 7 heteroatoms. The molecule has 0 unspecified atom stereocenters. The van der Waals surface area contributed by atoms with E-state index in [2.05, 4.69) is 0 Å². The van der Waals surface area contributed by atoms with Gasteiger partial charge in [0.15, 0.2) is 0 Å². The van der Waals surface area contributed by atoms with Gasteiger partial charge >= 0.3 is 0 Å². The van der Waals surface area contributed by atoms with E-state index in [1.165, 1.54) is 0 Å². The Balaban J connectivity index is 0.00000338. The molecular weight excluding hydrogens is 356 g/mol. The Morgan fingerprint density at radius 2 is 1.77 bits per heavy atom. The van der Waals surface area contributed by atoms with E-state index < -0.39 is 0 Å². The Labute approximate surface area is 162 Å². The molecule has 1 amide bonds. The average molecular weight is 387 g/mol. The van der Waals surface area contributed by atoms with Crippen molar-refractivity contribution in [1.29, 1.82) is 0 Å². The molecule has 0 radical (unpaired) electrons. The van der Waals surface area contributed by atoms with Crippen molar-refractivity contribution in [2.24, 2.45) is 5.73 Å². The van der Waals surface area contributed by atoms with Gasteiger partial charge in [-0.05, 0) is 56.5 Å². The topological polar surface area (TPSA) is 74.0 Å². The monoisotopic (exact) mass is 386 g/mol. The first-order valence-electron chi connectivity index (χ1n) is 9.09. The lowest BCUT2D eigenvalue weighted by Crippen LogP contribution is -2.41. The van der Waals surface area contributed by atoms with Crippen LogP contribution in [0.4, 0.5) is 0 Å². The molecule has 0 aromatic heterocycles. The molecule has 1 aromatic carbocycles. The average Bonchev–Trinajstić information content (AvgIpc) is 2.66. The number of halogens is 1. The smallest absolute Gasteiger partial charge is 0.222 e. The van der Waals surface area contributed by atoms with E-state index in [1.54, 1.807) is 7.11 Å². The predicted molar refractivity (Wildman–Crippen MR) is 104 cm³/mol. The Hall–Kier alpha value is -1.50. The van der Waals surface area contributed by atoms with E-state index in [-0.39, 0.29) is 24.4 Å². The Bertz CT molecular complexity index is 505. The van der Waals surface area contributed by atoms with Crippen molar-refractivity contribution in [3.05, 3.63) is 24.3 Å². The Morgan fingerprint density at radius 1 is 1.12 bits per heavy atom. The summed E-state index contributed by atoms with van der Waals surface area (Å²) in [5, 5.41) is 0. The highest BCUT2D eigenvalue weighted by molar-refractivity contribution is 5.85. The predicted octanol–water partition coefficient (Wildman–Crippen LogP) is 2.63. The van der Waals surface area contributed by atoms with Crippen LogP contribution in [0.3, 0.4) is 0 Å². The van der Waals surface area contributed by atoms with Crippen LogP contribution in [-0.2, 0) is 9.53 Å². The van der Waals surface area contributed by atoms with Crippen LogP contribution >= 0.6 is 12.4 Å². The molecule has 6 nitrogen and oxygen atoms in total. The van der Waals surface area contributed by atoms with Crippen molar-refractivity contribution in [2.45, 2.75) is 38.2 Å². The van der Waals surface area contributed by atoms with Gasteiger partial charge in [-0.15, -0.1) is 12.4 Å². The van der Waals surface area contributed by atoms with E-state index in [1.807, 2.05) is 29.2 Å². The van der Waals surface area contributed by atoms with E-state index in [0.717, 1.165) is 56.9 Å². The zero-order chi connectivity index (χ0) is 17.9. The minimum absolute atomic E-state index is 0. The highest BCUT2D eigenvalue weighted by Crippen LogP contribution is 2.18. The van der Waals surface area contributed by atoms with Gasteiger partial charge in [-0.2, -0.15) is 0 Å². The van der Waals surface area contributed by atoms with E-state index in [4.69, 9.17) is 19.9 Å². The van der Waals surface area contributed by atoms with Crippen LogP contribution in [0, 0.1) is 0 Å². The third kappa shape index (κ3) is 7.81. The molecule has 0 saturated carbocycles. The molecule has 1 aliphatic heterocycles. The number of nitrogens with zero attached hydrogens (tertiary/aromatic N) is 1. The first kappa shape index (κ1) is 22.5. The number of hydrogen-bond donors (Lipinski definition) is 1. The molecule has 26 heavy (non-hydrogen) atoms. The first-order chi connectivity index (χ1) is 12.2. The van der Waals surface area contributed by atoms with Gasteiger partial charge < -0.3 is 24.8 Å². The number of likely N-dealkylation sites (tertiary alicyclic amines) is 1. The molecule has 0 bridgehead atoms.